The van der Waals surface area contributed by atoms with Crippen molar-refractivity contribution in [3.8, 4) is 0 Å². The minimum atomic E-state index is -0.617. The molecule has 1 aliphatic rings. The van der Waals surface area contributed by atoms with Crippen molar-refractivity contribution in [2.45, 2.75) is 26.2 Å². The lowest BCUT2D eigenvalue weighted by Gasteiger charge is -2.34. The molecule has 0 radical (unpaired) electrons. The normalized spacial score (nSPS) is 18.9. The van der Waals surface area contributed by atoms with Crippen molar-refractivity contribution in [3.05, 3.63) is 12.7 Å². The third kappa shape index (κ3) is 3.08. The summed E-state index contributed by atoms with van der Waals surface area (Å²) in [5.74, 6) is 0.0136. The van der Waals surface area contributed by atoms with Crippen molar-refractivity contribution in [1.29, 1.82) is 0 Å². The molecule has 4 nitrogen and oxygen atoms in total. The summed E-state index contributed by atoms with van der Waals surface area (Å²) in [6, 6.07) is 0. The van der Waals surface area contributed by atoms with Gasteiger partial charge in [0.05, 0.1) is 0 Å². The molecule has 0 saturated carbocycles. The number of ether oxygens (including phenoxy) is 2. The highest BCUT2D eigenvalue weighted by Gasteiger charge is 2.36. The molecule has 1 aliphatic heterocycles. The molecule has 0 atom stereocenters. The van der Waals surface area contributed by atoms with Crippen molar-refractivity contribution < 1.29 is 19.1 Å². The van der Waals surface area contributed by atoms with E-state index >= 15 is 0 Å². The van der Waals surface area contributed by atoms with Crippen LogP contribution in [0.25, 0.3) is 0 Å². The number of allylic oxidation sites excluding steroid dienone is 1. The number of hydrogen-bond donors (Lipinski definition) is 0. The second-order valence-corrected chi connectivity index (χ2v) is 3.85. The van der Waals surface area contributed by atoms with Gasteiger partial charge in [0.1, 0.15) is 13.2 Å². The number of hydrogen-bond acceptors (Lipinski definition) is 4. The first-order chi connectivity index (χ1) is 7.12. The third-order valence-electron chi connectivity index (χ3n) is 2.87. The molecule has 1 fully saturated rings. The third-order valence-corrected chi connectivity index (χ3v) is 2.87. The van der Waals surface area contributed by atoms with Crippen LogP contribution in [-0.4, -0.2) is 25.2 Å². The molecule has 0 aromatic heterocycles. The van der Waals surface area contributed by atoms with Crippen LogP contribution in [-0.2, 0) is 14.3 Å². The summed E-state index contributed by atoms with van der Waals surface area (Å²) < 4.78 is 9.70. The van der Waals surface area contributed by atoms with E-state index in [1.54, 1.807) is 0 Å². The molecule has 0 unspecified atom stereocenters. The highest BCUT2D eigenvalue weighted by atomic mass is 16.7. The summed E-state index contributed by atoms with van der Waals surface area (Å²) in [5.41, 5.74) is -0.202. The standard InChI is InChI=1S/C11H16O4/c1-3-9(12)5-6-11(4-2)7-14-10(13)15-8-11/h3H,1,4-8H2,2H3. The van der Waals surface area contributed by atoms with E-state index in [1.165, 1.54) is 6.08 Å². The Morgan fingerprint density at radius 2 is 2.13 bits per heavy atom. The number of carbonyl (C=O) groups excluding carboxylic acids is 2. The lowest BCUT2D eigenvalue weighted by molar-refractivity contribution is -0.116. The fraction of sp³-hybridized carbons (Fsp3) is 0.636. The maximum atomic E-state index is 11.1. The Bertz CT molecular complexity index is 260. The largest absolute Gasteiger partial charge is 0.508 e. The molecule has 1 saturated heterocycles. The molecule has 15 heavy (non-hydrogen) atoms. The highest BCUT2D eigenvalue weighted by molar-refractivity contribution is 5.89. The van der Waals surface area contributed by atoms with Gasteiger partial charge in [-0.2, -0.15) is 0 Å². The Morgan fingerprint density at radius 3 is 2.60 bits per heavy atom. The molecule has 4 heteroatoms. The van der Waals surface area contributed by atoms with Crippen molar-refractivity contribution in [2.75, 3.05) is 13.2 Å². The molecule has 1 rings (SSSR count). The summed E-state index contributed by atoms with van der Waals surface area (Å²) >= 11 is 0. The van der Waals surface area contributed by atoms with E-state index in [-0.39, 0.29) is 11.2 Å². The minimum Gasteiger partial charge on any atom is -0.434 e. The van der Waals surface area contributed by atoms with Crippen LogP contribution in [0.5, 0.6) is 0 Å². The summed E-state index contributed by atoms with van der Waals surface area (Å²) in [5, 5.41) is 0. The van der Waals surface area contributed by atoms with Gasteiger partial charge in [-0.3, -0.25) is 4.79 Å². The minimum absolute atomic E-state index is 0.0136. The quantitative estimate of drug-likeness (QED) is 0.517. The van der Waals surface area contributed by atoms with Gasteiger partial charge in [0.15, 0.2) is 5.78 Å². The average Bonchev–Trinajstić information content (AvgIpc) is 2.28. The number of carbonyl (C=O) groups is 2. The lowest BCUT2D eigenvalue weighted by Crippen LogP contribution is -2.39. The number of cyclic esters (lactones) is 2. The van der Waals surface area contributed by atoms with Crippen molar-refractivity contribution in [1.82, 2.24) is 0 Å². The Hall–Kier alpha value is -1.32. The Balaban J connectivity index is 2.50. The molecular weight excluding hydrogens is 196 g/mol. The van der Waals surface area contributed by atoms with E-state index in [2.05, 4.69) is 6.58 Å². The van der Waals surface area contributed by atoms with E-state index in [1.807, 2.05) is 6.92 Å². The van der Waals surface area contributed by atoms with Gasteiger partial charge in [-0.25, -0.2) is 4.79 Å². The molecule has 0 aromatic rings. The number of rotatable bonds is 5. The first-order valence-electron chi connectivity index (χ1n) is 5.07. The van der Waals surface area contributed by atoms with Crippen molar-refractivity contribution >= 4 is 11.9 Å². The van der Waals surface area contributed by atoms with E-state index < -0.39 is 6.16 Å². The summed E-state index contributed by atoms with van der Waals surface area (Å²) in [4.78, 5) is 21.8. The summed E-state index contributed by atoms with van der Waals surface area (Å²) in [6.45, 7) is 6.10. The zero-order chi connectivity index (χ0) is 11.3. The second-order valence-electron chi connectivity index (χ2n) is 3.85. The Kier molecular flexibility index (Phi) is 3.88. The number of ketones is 1. The van der Waals surface area contributed by atoms with Gasteiger partial charge in [0.2, 0.25) is 0 Å². The molecule has 1 heterocycles. The van der Waals surface area contributed by atoms with Gasteiger partial charge >= 0.3 is 6.16 Å². The van der Waals surface area contributed by atoms with Crippen LogP contribution >= 0.6 is 0 Å². The lowest BCUT2D eigenvalue weighted by atomic mass is 9.81. The highest BCUT2D eigenvalue weighted by Crippen LogP contribution is 2.32. The Morgan fingerprint density at radius 1 is 1.53 bits per heavy atom. The van der Waals surface area contributed by atoms with E-state index in [9.17, 15) is 9.59 Å². The summed E-state index contributed by atoms with van der Waals surface area (Å²) in [7, 11) is 0. The first kappa shape index (κ1) is 11.8. The average molecular weight is 212 g/mol. The molecule has 0 N–H and O–H groups in total. The monoisotopic (exact) mass is 212 g/mol. The molecule has 0 amide bonds. The smallest absolute Gasteiger partial charge is 0.434 e. The van der Waals surface area contributed by atoms with Gasteiger partial charge < -0.3 is 9.47 Å². The van der Waals surface area contributed by atoms with E-state index in [4.69, 9.17) is 9.47 Å². The zero-order valence-corrected chi connectivity index (χ0v) is 8.95. The zero-order valence-electron chi connectivity index (χ0n) is 8.95. The van der Waals surface area contributed by atoms with Crippen LogP contribution in [0.3, 0.4) is 0 Å². The topological polar surface area (TPSA) is 52.6 Å². The summed E-state index contributed by atoms with van der Waals surface area (Å²) in [6.07, 6.45) is 2.62. The predicted molar refractivity (Wildman–Crippen MR) is 54.5 cm³/mol. The molecular formula is C11H16O4. The molecule has 0 bridgehead atoms. The van der Waals surface area contributed by atoms with E-state index in [0.717, 1.165) is 6.42 Å². The molecule has 84 valence electrons. The van der Waals surface area contributed by atoms with Crippen LogP contribution in [0.15, 0.2) is 12.7 Å². The molecule has 0 aliphatic carbocycles. The maximum Gasteiger partial charge on any atom is 0.508 e. The van der Waals surface area contributed by atoms with Crippen LogP contribution in [0, 0.1) is 5.41 Å². The van der Waals surface area contributed by atoms with Crippen molar-refractivity contribution in [2.24, 2.45) is 5.41 Å². The first-order valence-corrected chi connectivity index (χ1v) is 5.07. The van der Waals surface area contributed by atoms with Crippen LogP contribution in [0.2, 0.25) is 0 Å². The van der Waals surface area contributed by atoms with Gasteiger partial charge in [-0.15, -0.1) is 0 Å². The maximum absolute atomic E-state index is 11.1. The fourth-order valence-electron chi connectivity index (χ4n) is 1.52. The Labute approximate surface area is 89.2 Å². The fourth-order valence-corrected chi connectivity index (χ4v) is 1.52. The van der Waals surface area contributed by atoms with Gasteiger partial charge in [0.25, 0.3) is 0 Å². The van der Waals surface area contributed by atoms with Crippen LogP contribution in [0.1, 0.15) is 26.2 Å². The second kappa shape index (κ2) is 4.96. The van der Waals surface area contributed by atoms with Crippen molar-refractivity contribution in [3.63, 3.8) is 0 Å². The molecule has 0 aromatic carbocycles. The van der Waals surface area contributed by atoms with E-state index in [0.29, 0.717) is 26.1 Å². The van der Waals surface area contributed by atoms with Crippen LogP contribution in [0.4, 0.5) is 4.79 Å². The van der Waals surface area contributed by atoms with Gasteiger partial charge in [-0.05, 0) is 18.9 Å². The molecule has 0 spiro atoms. The van der Waals surface area contributed by atoms with Crippen LogP contribution < -0.4 is 0 Å². The predicted octanol–water partition coefficient (Wildman–Crippen LogP) is 2.08. The van der Waals surface area contributed by atoms with Gasteiger partial charge in [-0.1, -0.05) is 13.5 Å². The SMILES string of the molecule is C=CC(=O)CCC1(CC)COC(=O)OC1. The van der Waals surface area contributed by atoms with Gasteiger partial charge in [0, 0.05) is 11.8 Å².